The number of fused-ring (bicyclic) bond motifs is 1. The minimum absolute atomic E-state index is 0.0711. The number of carbonyl (C=O) groups is 2. The number of aliphatic hydroxyl groups excluding tert-OH is 1. The molecular formula is C28H34ClN3O3. The van der Waals surface area contributed by atoms with Crippen molar-refractivity contribution < 1.29 is 14.7 Å². The average Bonchev–Trinajstić information content (AvgIpc) is 3.14. The zero-order valence-electron chi connectivity index (χ0n) is 20.3. The molecule has 0 aliphatic heterocycles. The lowest BCUT2D eigenvalue weighted by Crippen LogP contribution is -2.34. The van der Waals surface area contributed by atoms with Crippen molar-refractivity contribution >= 4 is 34.3 Å². The summed E-state index contributed by atoms with van der Waals surface area (Å²) in [6.45, 7) is 3.27. The molecule has 1 heterocycles. The van der Waals surface area contributed by atoms with E-state index in [1.54, 1.807) is 34.9 Å². The molecule has 1 aliphatic carbocycles. The number of nitrogens with zero attached hydrogens (tertiary/aromatic N) is 1. The van der Waals surface area contributed by atoms with E-state index in [2.05, 4.69) is 10.6 Å². The first-order valence-electron chi connectivity index (χ1n) is 12.5. The minimum Gasteiger partial charge on any atom is -0.392 e. The molecule has 7 heteroatoms. The van der Waals surface area contributed by atoms with Crippen LogP contribution in [0.1, 0.15) is 65.7 Å². The van der Waals surface area contributed by atoms with E-state index in [1.165, 1.54) is 32.1 Å². The van der Waals surface area contributed by atoms with Gasteiger partial charge in [0.25, 0.3) is 5.91 Å². The van der Waals surface area contributed by atoms with Crippen molar-refractivity contribution in [2.45, 2.75) is 64.5 Å². The number of halogens is 1. The first-order chi connectivity index (χ1) is 17.0. The van der Waals surface area contributed by atoms with Gasteiger partial charge >= 0.3 is 0 Å². The first kappa shape index (κ1) is 25.4. The number of nitrogens with one attached hydrogen (secondary N) is 2. The van der Waals surface area contributed by atoms with Gasteiger partial charge in [-0.05, 0) is 80.3 Å². The number of aliphatic hydroxyl groups is 1. The van der Waals surface area contributed by atoms with Crippen LogP contribution in [0.15, 0.2) is 42.5 Å². The fraction of sp³-hybridized carbons (Fsp3) is 0.429. The zero-order valence-corrected chi connectivity index (χ0v) is 21.0. The van der Waals surface area contributed by atoms with E-state index in [1.807, 2.05) is 19.1 Å². The van der Waals surface area contributed by atoms with Crippen molar-refractivity contribution in [3.05, 3.63) is 69.9 Å². The van der Waals surface area contributed by atoms with Gasteiger partial charge in [-0.25, -0.2) is 0 Å². The normalized spacial score (nSPS) is 14.4. The predicted octanol–water partition coefficient (Wildman–Crippen LogP) is 4.76. The van der Waals surface area contributed by atoms with Crippen LogP contribution < -0.4 is 10.6 Å². The van der Waals surface area contributed by atoms with Crippen LogP contribution in [0.3, 0.4) is 0 Å². The van der Waals surface area contributed by atoms with E-state index in [9.17, 15) is 14.7 Å². The van der Waals surface area contributed by atoms with Crippen LogP contribution in [0.5, 0.6) is 0 Å². The minimum atomic E-state index is -0.179. The van der Waals surface area contributed by atoms with Crippen molar-refractivity contribution in [3.63, 3.8) is 0 Å². The topological polar surface area (TPSA) is 83.4 Å². The van der Waals surface area contributed by atoms with Crippen LogP contribution in [0, 0.1) is 6.92 Å². The summed E-state index contributed by atoms with van der Waals surface area (Å²) in [5, 5.41) is 17.7. The van der Waals surface area contributed by atoms with Gasteiger partial charge in [-0.1, -0.05) is 36.9 Å². The maximum atomic E-state index is 13.4. The summed E-state index contributed by atoms with van der Waals surface area (Å²) >= 11 is 5.99. The Bertz CT molecular complexity index is 1180. The van der Waals surface area contributed by atoms with E-state index in [0.29, 0.717) is 23.2 Å². The summed E-state index contributed by atoms with van der Waals surface area (Å²) in [5.74, 6) is -0.250. The summed E-state index contributed by atoms with van der Waals surface area (Å²) in [6, 6.07) is 12.9. The first-order valence-corrected chi connectivity index (χ1v) is 12.9. The lowest BCUT2D eigenvalue weighted by molar-refractivity contribution is -0.120. The van der Waals surface area contributed by atoms with Crippen molar-refractivity contribution in [3.8, 4) is 0 Å². The summed E-state index contributed by atoms with van der Waals surface area (Å²) < 4.78 is 1.65. The second-order valence-electron chi connectivity index (χ2n) is 9.39. The van der Waals surface area contributed by atoms with Gasteiger partial charge < -0.3 is 15.7 Å². The Morgan fingerprint density at radius 1 is 1.06 bits per heavy atom. The van der Waals surface area contributed by atoms with Crippen LogP contribution in [0.4, 0.5) is 0 Å². The monoisotopic (exact) mass is 495 g/mol. The molecule has 3 aromatic rings. The fourth-order valence-electron chi connectivity index (χ4n) is 4.99. The molecule has 1 fully saturated rings. The molecule has 186 valence electrons. The average molecular weight is 496 g/mol. The Kier molecular flexibility index (Phi) is 8.60. The molecule has 0 unspecified atom stereocenters. The van der Waals surface area contributed by atoms with E-state index in [4.69, 9.17) is 11.6 Å². The van der Waals surface area contributed by atoms with Crippen LogP contribution >= 0.6 is 11.6 Å². The number of aromatic nitrogens is 1. The zero-order chi connectivity index (χ0) is 24.8. The quantitative estimate of drug-likeness (QED) is 0.374. The molecule has 0 saturated heterocycles. The second-order valence-corrected chi connectivity index (χ2v) is 9.83. The van der Waals surface area contributed by atoms with Crippen molar-refractivity contribution in [2.24, 2.45) is 0 Å². The lowest BCUT2D eigenvalue weighted by Gasteiger charge is -2.22. The molecule has 35 heavy (non-hydrogen) atoms. The number of hydrogen-bond acceptors (Lipinski definition) is 4. The van der Waals surface area contributed by atoms with Crippen molar-refractivity contribution in [1.82, 2.24) is 15.2 Å². The molecule has 3 N–H and O–H groups in total. The Balaban J connectivity index is 1.47. The van der Waals surface area contributed by atoms with Gasteiger partial charge in [0, 0.05) is 34.3 Å². The summed E-state index contributed by atoms with van der Waals surface area (Å²) in [6.07, 6.45) is 7.51. The molecule has 1 aliphatic rings. The van der Waals surface area contributed by atoms with Crippen molar-refractivity contribution in [1.29, 1.82) is 0 Å². The predicted molar refractivity (Wildman–Crippen MR) is 140 cm³/mol. The highest BCUT2D eigenvalue weighted by Crippen LogP contribution is 2.29. The van der Waals surface area contributed by atoms with Crippen LogP contribution in [0.2, 0.25) is 5.02 Å². The Morgan fingerprint density at radius 2 is 1.80 bits per heavy atom. The van der Waals surface area contributed by atoms with Crippen molar-refractivity contribution in [2.75, 3.05) is 13.1 Å². The highest BCUT2D eigenvalue weighted by molar-refractivity contribution is 6.30. The highest BCUT2D eigenvalue weighted by Gasteiger charge is 2.22. The van der Waals surface area contributed by atoms with Crippen LogP contribution in [-0.4, -0.2) is 40.6 Å². The summed E-state index contributed by atoms with van der Waals surface area (Å²) in [7, 11) is 0. The number of benzene rings is 2. The number of amides is 1. The molecule has 0 bridgehead atoms. The van der Waals surface area contributed by atoms with E-state index in [0.717, 1.165) is 40.7 Å². The second kappa shape index (κ2) is 11.8. The maximum absolute atomic E-state index is 13.4. The van der Waals surface area contributed by atoms with E-state index in [-0.39, 0.29) is 24.8 Å². The Labute approximate surface area is 211 Å². The molecule has 1 saturated carbocycles. The van der Waals surface area contributed by atoms with Gasteiger partial charge in [-0.3, -0.25) is 14.2 Å². The number of rotatable bonds is 9. The van der Waals surface area contributed by atoms with E-state index >= 15 is 0 Å². The number of carbonyl (C=O) groups excluding carboxylic acids is 2. The molecule has 0 spiro atoms. The third kappa shape index (κ3) is 6.13. The number of hydrogen-bond donors (Lipinski definition) is 3. The SMILES string of the molecule is Cc1c(CC(=O)NCCCNC2CCCCC2)c2cc(CO)ccc2n1C(=O)c1ccc(Cl)cc1. The van der Waals surface area contributed by atoms with Gasteiger partial charge in [0.1, 0.15) is 0 Å². The maximum Gasteiger partial charge on any atom is 0.262 e. The van der Waals surface area contributed by atoms with Gasteiger partial charge in [0.15, 0.2) is 0 Å². The van der Waals surface area contributed by atoms with Gasteiger partial charge in [0.2, 0.25) is 5.91 Å². The molecule has 4 rings (SSSR count). The van der Waals surface area contributed by atoms with Gasteiger partial charge in [-0.2, -0.15) is 0 Å². The molecule has 0 radical (unpaired) electrons. The molecule has 6 nitrogen and oxygen atoms in total. The molecule has 1 amide bonds. The molecule has 0 atom stereocenters. The smallest absolute Gasteiger partial charge is 0.262 e. The van der Waals surface area contributed by atoms with Crippen LogP contribution in [0.25, 0.3) is 10.9 Å². The standard InChI is InChI=1S/C28H34ClN3O3/c1-19-24(17-27(34)31-15-5-14-30-23-6-3-2-4-7-23)25-16-20(18-33)8-13-26(25)32(19)28(35)21-9-11-22(29)12-10-21/h8-13,16,23,30,33H,2-7,14-15,17-18H2,1H3,(H,31,34). The summed E-state index contributed by atoms with van der Waals surface area (Å²) in [4.78, 5) is 26.2. The largest absolute Gasteiger partial charge is 0.392 e. The fourth-order valence-corrected chi connectivity index (χ4v) is 5.11. The Morgan fingerprint density at radius 3 is 2.51 bits per heavy atom. The molecule has 1 aromatic heterocycles. The lowest BCUT2D eigenvalue weighted by atomic mass is 9.95. The molecule has 2 aromatic carbocycles. The van der Waals surface area contributed by atoms with Gasteiger partial charge in [-0.15, -0.1) is 0 Å². The Hall–Kier alpha value is -2.67. The molecular weight excluding hydrogens is 462 g/mol. The van der Waals surface area contributed by atoms with Gasteiger partial charge in [0.05, 0.1) is 18.5 Å². The highest BCUT2D eigenvalue weighted by atomic mass is 35.5. The third-order valence-corrected chi connectivity index (χ3v) is 7.18. The van der Waals surface area contributed by atoms with Crippen LogP contribution in [-0.2, 0) is 17.8 Å². The third-order valence-electron chi connectivity index (χ3n) is 6.93. The van der Waals surface area contributed by atoms with E-state index < -0.39 is 0 Å². The summed E-state index contributed by atoms with van der Waals surface area (Å²) in [5.41, 5.74) is 3.50.